The van der Waals surface area contributed by atoms with Crippen molar-refractivity contribution in [1.82, 2.24) is 0 Å². The molecule has 1 unspecified atom stereocenters. The highest BCUT2D eigenvalue weighted by atomic mass is 32.2. The van der Waals surface area contributed by atoms with Crippen LogP contribution in [0.4, 0.5) is 0 Å². The van der Waals surface area contributed by atoms with Gasteiger partial charge in [0.1, 0.15) is 11.5 Å². The molecule has 118 valence electrons. The number of benzene rings is 2. The lowest BCUT2D eigenvalue weighted by atomic mass is 10.00. The summed E-state index contributed by atoms with van der Waals surface area (Å²) in [5.74, 6) is 1.16. The summed E-state index contributed by atoms with van der Waals surface area (Å²) < 4.78 is 11.2. The Labute approximate surface area is 140 Å². The molecule has 3 nitrogen and oxygen atoms in total. The average molecular weight is 326 g/mol. The van der Waals surface area contributed by atoms with Gasteiger partial charge >= 0.3 is 5.97 Å². The van der Waals surface area contributed by atoms with E-state index in [1.54, 1.807) is 23.9 Å². The van der Waals surface area contributed by atoms with Crippen LogP contribution in [0.5, 0.6) is 11.5 Å². The van der Waals surface area contributed by atoms with Crippen molar-refractivity contribution in [3.63, 3.8) is 0 Å². The van der Waals surface area contributed by atoms with Gasteiger partial charge in [-0.25, -0.2) is 0 Å². The summed E-state index contributed by atoms with van der Waals surface area (Å²) >= 11 is 1.66. The third-order valence-electron chi connectivity index (χ3n) is 3.63. The summed E-state index contributed by atoms with van der Waals surface area (Å²) in [6.45, 7) is 3.46. The normalized spacial score (nSPS) is 16.1. The molecule has 0 aromatic heterocycles. The van der Waals surface area contributed by atoms with E-state index in [9.17, 15) is 4.79 Å². The van der Waals surface area contributed by atoms with Crippen LogP contribution in [0.15, 0.2) is 42.5 Å². The number of hydrogen-bond acceptors (Lipinski definition) is 4. The molecule has 1 atom stereocenters. The maximum atomic E-state index is 11.0. The van der Waals surface area contributed by atoms with Crippen LogP contribution in [-0.4, -0.2) is 17.7 Å². The van der Waals surface area contributed by atoms with Crippen molar-refractivity contribution in [2.75, 3.05) is 6.26 Å². The minimum absolute atomic E-state index is 0.0520. The average Bonchev–Trinajstić information content (AvgIpc) is 2.53. The van der Waals surface area contributed by atoms with E-state index in [0.717, 1.165) is 22.4 Å². The summed E-state index contributed by atoms with van der Waals surface area (Å²) in [5, 5.41) is 0. The topological polar surface area (TPSA) is 35.5 Å². The Morgan fingerprint density at radius 3 is 2.57 bits per heavy atom. The third kappa shape index (κ3) is 3.42. The molecule has 1 heterocycles. The largest absolute Gasteiger partial charge is 0.474 e. The van der Waals surface area contributed by atoms with Crippen molar-refractivity contribution in [1.29, 1.82) is 0 Å². The van der Waals surface area contributed by atoms with Gasteiger partial charge in [-0.3, -0.25) is 4.79 Å². The molecule has 0 N–H and O–H groups in total. The van der Waals surface area contributed by atoms with Gasteiger partial charge in [-0.15, -0.1) is 11.8 Å². The van der Waals surface area contributed by atoms with Crippen molar-refractivity contribution in [3.8, 4) is 11.5 Å². The summed E-state index contributed by atoms with van der Waals surface area (Å²) in [7, 11) is 0. The summed E-state index contributed by atoms with van der Waals surface area (Å²) in [4.78, 5) is 11.0. The van der Waals surface area contributed by atoms with E-state index in [4.69, 9.17) is 9.47 Å². The first kappa shape index (κ1) is 15.7. The predicted molar refractivity (Wildman–Crippen MR) is 94.7 cm³/mol. The first-order valence-electron chi connectivity index (χ1n) is 7.37. The molecule has 4 heteroatoms. The molecule has 0 radical (unpaired) electrons. The van der Waals surface area contributed by atoms with Gasteiger partial charge in [0, 0.05) is 18.1 Å². The molecule has 0 aliphatic carbocycles. The second-order valence-corrected chi connectivity index (χ2v) is 6.34. The zero-order chi connectivity index (χ0) is 16.4. The van der Waals surface area contributed by atoms with Crippen molar-refractivity contribution >= 4 is 29.4 Å². The van der Waals surface area contributed by atoms with Gasteiger partial charge in [-0.2, -0.15) is 0 Å². The molecule has 1 aliphatic heterocycles. The van der Waals surface area contributed by atoms with Crippen molar-refractivity contribution < 1.29 is 14.3 Å². The van der Waals surface area contributed by atoms with Crippen molar-refractivity contribution in [2.24, 2.45) is 0 Å². The van der Waals surface area contributed by atoms with Gasteiger partial charge in [0.2, 0.25) is 0 Å². The molecule has 23 heavy (non-hydrogen) atoms. The summed E-state index contributed by atoms with van der Waals surface area (Å²) in [6, 6.07) is 13.7. The molecular weight excluding hydrogens is 308 g/mol. The molecule has 2 aromatic carbocycles. The number of fused-ring (bicyclic) bond motifs is 1. The summed E-state index contributed by atoms with van der Waals surface area (Å²) in [5.41, 5.74) is 4.39. The molecule has 0 amide bonds. The Bertz CT molecular complexity index is 763. The monoisotopic (exact) mass is 326 g/mol. The first-order valence-corrected chi connectivity index (χ1v) is 8.66. The molecule has 2 aromatic rings. The van der Waals surface area contributed by atoms with Crippen LogP contribution in [0.2, 0.25) is 0 Å². The molecule has 3 rings (SSSR count). The fourth-order valence-corrected chi connectivity index (χ4v) is 3.21. The third-order valence-corrected chi connectivity index (χ3v) is 4.41. The number of aryl methyl sites for hydroxylation is 1. The van der Waals surface area contributed by atoms with E-state index in [1.807, 2.05) is 18.4 Å². The van der Waals surface area contributed by atoms with Crippen molar-refractivity contribution in [2.45, 2.75) is 19.3 Å². The maximum Gasteiger partial charge on any atom is 0.308 e. The first-order chi connectivity index (χ1) is 11.1. The molecular formula is C19H18O3S. The van der Waals surface area contributed by atoms with Gasteiger partial charge in [-0.1, -0.05) is 24.3 Å². The number of ether oxygens (including phenoxy) is 2. The van der Waals surface area contributed by atoms with E-state index in [0.29, 0.717) is 5.75 Å². The quantitative estimate of drug-likeness (QED) is 0.613. The zero-order valence-corrected chi connectivity index (χ0v) is 14.1. The van der Waals surface area contributed by atoms with E-state index < -0.39 is 0 Å². The molecule has 0 saturated carbocycles. The minimum atomic E-state index is -0.316. The second kappa shape index (κ2) is 6.50. The number of esters is 1. The number of carbonyl (C=O) groups is 1. The Morgan fingerprint density at radius 1 is 1.17 bits per heavy atom. The molecule has 0 bridgehead atoms. The van der Waals surface area contributed by atoms with Crippen LogP contribution in [-0.2, 0) is 4.79 Å². The van der Waals surface area contributed by atoms with Crippen LogP contribution in [0.3, 0.4) is 0 Å². The SMILES string of the molecule is CSC1Oc2cc(C)ccc2C=C1c1ccc(OC(C)=O)cc1. The van der Waals surface area contributed by atoms with Crippen LogP contribution < -0.4 is 9.47 Å². The van der Waals surface area contributed by atoms with E-state index in [1.165, 1.54) is 12.5 Å². The van der Waals surface area contributed by atoms with Crippen LogP contribution in [0.1, 0.15) is 23.6 Å². The fraction of sp³-hybridized carbons (Fsp3) is 0.211. The van der Waals surface area contributed by atoms with E-state index >= 15 is 0 Å². The Balaban J connectivity index is 1.96. The van der Waals surface area contributed by atoms with Gasteiger partial charge in [0.05, 0.1) is 0 Å². The second-order valence-electron chi connectivity index (χ2n) is 5.44. The predicted octanol–water partition coefficient (Wildman–Crippen LogP) is 4.54. The molecule has 0 fully saturated rings. The highest BCUT2D eigenvalue weighted by Crippen LogP contribution is 2.38. The number of hydrogen-bond donors (Lipinski definition) is 0. The number of carbonyl (C=O) groups excluding carboxylic acids is 1. The lowest BCUT2D eigenvalue weighted by Gasteiger charge is -2.26. The number of rotatable bonds is 3. The van der Waals surface area contributed by atoms with Gasteiger partial charge < -0.3 is 9.47 Å². The van der Waals surface area contributed by atoms with E-state index in [-0.39, 0.29) is 11.4 Å². The lowest BCUT2D eigenvalue weighted by molar-refractivity contribution is -0.131. The fourth-order valence-electron chi connectivity index (χ4n) is 2.55. The summed E-state index contributed by atoms with van der Waals surface area (Å²) in [6.07, 6.45) is 4.20. The number of thioether (sulfide) groups is 1. The van der Waals surface area contributed by atoms with E-state index in [2.05, 4.69) is 31.2 Å². The van der Waals surface area contributed by atoms with Crippen LogP contribution in [0, 0.1) is 6.92 Å². The minimum Gasteiger partial charge on any atom is -0.474 e. The Kier molecular flexibility index (Phi) is 4.44. The standard InChI is InChI=1S/C19H18O3S/c1-12-4-5-15-11-17(19(23-3)22-18(15)10-12)14-6-8-16(9-7-14)21-13(2)20/h4-11,19H,1-3H3. The highest BCUT2D eigenvalue weighted by Gasteiger charge is 2.23. The smallest absolute Gasteiger partial charge is 0.308 e. The highest BCUT2D eigenvalue weighted by molar-refractivity contribution is 7.99. The lowest BCUT2D eigenvalue weighted by Crippen LogP contribution is -2.18. The Hall–Kier alpha value is -2.20. The maximum absolute atomic E-state index is 11.0. The van der Waals surface area contributed by atoms with Crippen molar-refractivity contribution in [3.05, 3.63) is 59.2 Å². The van der Waals surface area contributed by atoms with Crippen LogP contribution >= 0.6 is 11.8 Å². The van der Waals surface area contributed by atoms with Gasteiger partial charge in [0.25, 0.3) is 0 Å². The zero-order valence-electron chi connectivity index (χ0n) is 13.3. The van der Waals surface area contributed by atoms with Crippen LogP contribution in [0.25, 0.3) is 11.6 Å². The van der Waals surface area contributed by atoms with Gasteiger partial charge in [-0.05, 0) is 48.6 Å². The Morgan fingerprint density at radius 2 is 1.91 bits per heavy atom. The van der Waals surface area contributed by atoms with Gasteiger partial charge in [0.15, 0.2) is 5.44 Å². The molecule has 0 saturated heterocycles. The molecule has 0 spiro atoms. The molecule has 1 aliphatic rings.